The molecule has 10 aromatic carbocycles. The molecule has 1 aromatic heterocycles. The Morgan fingerprint density at radius 2 is 0.877 bits per heavy atom. The minimum Gasteiger partial charge on any atom is -0.311 e. The van der Waals surface area contributed by atoms with Crippen LogP contribution in [0.15, 0.2) is 237 Å². The van der Waals surface area contributed by atoms with Crippen molar-refractivity contribution in [1.29, 1.82) is 0 Å². The molecule has 0 radical (unpaired) electrons. The topological polar surface area (TPSA) is 8.17 Å². The zero-order chi connectivity index (χ0) is 42.4. The van der Waals surface area contributed by atoms with E-state index < -0.39 is 13.5 Å². The molecule has 0 amide bonds. The van der Waals surface area contributed by atoms with Gasteiger partial charge in [-0.15, -0.1) is 0 Å². The summed E-state index contributed by atoms with van der Waals surface area (Å²) in [5.41, 5.74) is 19.1. The van der Waals surface area contributed by atoms with Crippen LogP contribution in [0, 0.1) is 0 Å². The van der Waals surface area contributed by atoms with E-state index in [-0.39, 0.29) is 6.71 Å². The van der Waals surface area contributed by atoms with Crippen LogP contribution in [0.25, 0.3) is 38.6 Å². The van der Waals surface area contributed by atoms with E-state index in [1.807, 2.05) is 0 Å². The summed E-state index contributed by atoms with van der Waals surface area (Å²) in [4.78, 5) is 2.76. The Hall–Kier alpha value is -7.92. The molecule has 0 atom stereocenters. The van der Waals surface area contributed by atoms with Crippen LogP contribution in [0.5, 0.6) is 0 Å². The standard InChI is InChI=1S/C61H39BN2Si/c1-4-20-40(21-5-1)62-52-33-18-32-50-58(52)64-59-51(61(50)48-30-14-10-26-44(48)45-27-11-15-31-49(45)61)38-41(63-54-35-16-12-28-46(54)47-29-13-17-36-55(47)63)39-57(59)65(42-22-6-2-7-23-42,43-24-8-3-9-25-43)56-37-19-34-53(62)60(56)64/h1-39H. The number of hydrogen-bond acceptors (Lipinski definition) is 1. The predicted octanol–water partition coefficient (Wildman–Crippen LogP) is 9.45. The van der Waals surface area contributed by atoms with Crippen molar-refractivity contribution in [2.45, 2.75) is 5.41 Å². The molecule has 15 rings (SSSR count). The number of fused-ring (bicyclic) bond motifs is 10. The highest BCUT2D eigenvalue weighted by Gasteiger charge is 2.60. The third-order valence-electron chi connectivity index (χ3n) is 15.5. The second-order valence-corrected chi connectivity index (χ2v) is 22.0. The first kappa shape index (κ1) is 35.5. The fourth-order valence-corrected chi connectivity index (χ4v) is 18.4. The second-order valence-electron chi connectivity index (χ2n) is 18.2. The van der Waals surface area contributed by atoms with E-state index in [0.717, 1.165) is 0 Å². The van der Waals surface area contributed by atoms with Gasteiger partial charge in [-0.2, -0.15) is 0 Å². The molecule has 0 bridgehead atoms. The van der Waals surface area contributed by atoms with Gasteiger partial charge in [-0.1, -0.05) is 218 Å². The van der Waals surface area contributed by atoms with Crippen molar-refractivity contribution in [1.82, 2.24) is 4.57 Å². The van der Waals surface area contributed by atoms with Gasteiger partial charge in [0.05, 0.1) is 22.1 Å². The van der Waals surface area contributed by atoms with Crippen LogP contribution >= 0.6 is 0 Å². The lowest BCUT2D eigenvalue weighted by Crippen LogP contribution is -2.79. The van der Waals surface area contributed by atoms with Crippen LogP contribution in [0.4, 0.5) is 17.1 Å². The van der Waals surface area contributed by atoms with Crippen LogP contribution in [0.1, 0.15) is 22.3 Å². The summed E-state index contributed by atoms with van der Waals surface area (Å²) in [6.07, 6.45) is 0. The molecule has 2 nitrogen and oxygen atoms in total. The molecule has 1 aliphatic carbocycles. The van der Waals surface area contributed by atoms with E-state index in [0.29, 0.717) is 0 Å². The summed E-state index contributed by atoms with van der Waals surface area (Å²) >= 11 is 0. The quantitative estimate of drug-likeness (QED) is 0.161. The Balaban J connectivity index is 1.22. The van der Waals surface area contributed by atoms with Gasteiger partial charge in [-0.25, -0.2) is 0 Å². The minimum absolute atomic E-state index is 0.0412. The average molecular weight is 839 g/mol. The van der Waals surface area contributed by atoms with E-state index >= 15 is 0 Å². The molecular weight excluding hydrogens is 800 g/mol. The van der Waals surface area contributed by atoms with Gasteiger partial charge in [0, 0.05) is 27.8 Å². The first-order valence-corrected chi connectivity index (χ1v) is 24.9. The van der Waals surface area contributed by atoms with Crippen molar-refractivity contribution >= 4 is 90.8 Å². The van der Waals surface area contributed by atoms with Gasteiger partial charge >= 0.3 is 0 Å². The molecule has 0 unspecified atom stereocenters. The van der Waals surface area contributed by atoms with Crippen LogP contribution in [-0.2, 0) is 5.41 Å². The molecule has 4 heteroatoms. The maximum atomic E-state index is 2.76. The molecule has 300 valence electrons. The number of anilines is 3. The fraction of sp³-hybridized carbons (Fsp3) is 0.0164. The Morgan fingerprint density at radius 1 is 0.369 bits per heavy atom. The normalized spacial score (nSPS) is 15.0. The molecule has 1 spiro atoms. The van der Waals surface area contributed by atoms with Gasteiger partial charge in [0.2, 0.25) is 6.71 Å². The lowest BCUT2D eigenvalue weighted by molar-refractivity contribution is 0.753. The lowest BCUT2D eigenvalue weighted by Gasteiger charge is -2.55. The Kier molecular flexibility index (Phi) is 7.02. The minimum atomic E-state index is -3.17. The summed E-state index contributed by atoms with van der Waals surface area (Å²) in [5.74, 6) is 0. The second kappa shape index (κ2) is 12.8. The summed E-state index contributed by atoms with van der Waals surface area (Å²) in [6, 6.07) is 90.8. The lowest BCUT2D eigenvalue weighted by atomic mass is 9.34. The maximum Gasteiger partial charge on any atom is 0.246 e. The first-order valence-electron chi connectivity index (χ1n) is 22.9. The van der Waals surface area contributed by atoms with E-state index in [4.69, 9.17) is 0 Å². The number of benzene rings is 10. The van der Waals surface area contributed by atoms with Gasteiger partial charge in [-0.3, -0.25) is 0 Å². The SMILES string of the molecule is c1ccc(B2c3cccc4c3N3c5c2cccc5[Si](c2ccccc2)(c2ccccc2)c2cc(-n5c6ccccc6c6ccccc65)cc(c23)C42c3ccccc3-c3ccccc32)cc1. The first-order chi connectivity index (χ1) is 32.3. The van der Waals surface area contributed by atoms with Crippen molar-refractivity contribution in [3.05, 3.63) is 259 Å². The van der Waals surface area contributed by atoms with Crippen LogP contribution in [-0.4, -0.2) is 19.4 Å². The van der Waals surface area contributed by atoms with Crippen LogP contribution < -0.4 is 42.0 Å². The van der Waals surface area contributed by atoms with Gasteiger partial charge in [0.25, 0.3) is 0 Å². The molecule has 3 aliphatic heterocycles. The molecule has 0 saturated carbocycles. The van der Waals surface area contributed by atoms with Gasteiger partial charge in [0.1, 0.15) is 0 Å². The van der Waals surface area contributed by atoms with Crippen molar-refractivity contribution in [3.63, 3.8) is 0 Å². The van der Waals surface area contributed by atoms with Crippen molar-refractivity contribution < 1.29 is 0 Å². The molecule has 11 aromatic rings. The molecule has 4 heterocycles. The monoisotopic (exact) mass is 838 g/mol. The highest BCUT2D eigenvalue weighted by Crippen LogP contribution is 2.64. The molecule has 0 N–H and O–H groups in total. The van der Waals surface area contributed by atoms with Crippen LogP contribution in [0.3, 0.4) is 0 Å². The number of hydrogen-bond donors (Lipinski definition) is 0. The zero-order valence-corrected chi connectivity index (χ0v) is 36.5. The van der Waals surface area contributed by atoms with E-state index in [1.54, 1.807) is 0 Å². The van der Waals surface area contributed by atoms with Crippen LogP contribution in [0.2, 0.25) is 0 Å². The summed E-state index contributed by atoms with van der Waals surface area (Å²) in [6.45, 7) is 0.0412. The molecule has 65 heavy (non-hydrogen) atoms. The largest absolute Gasteiger partial charge is 0.311 e. The van der Waals surface area contributed by atoms with E-state index in [2.05, 4.69) is 246 Å². The molecule has 4 aliphatic rings. The summed E-state index contributed by atoms with van der Waals surface area (Å²) < 4.78 is 2.57. The number of nitrogens with zero attached hydrogens (tertiary/aromatic N) is 2. The maximum absolute atomic E-state index is 3.17. The third-order valence-corrected chi connectivity index (χ3v) is 20.3. The molecule has 0 fully saturated rings. The third kappa shape index (κ3) is 4.27. The van der Waals surface area contributed by atoms with Crippen molar-refractivity contribution in [2.24, 2.45) is 0 Å². The van der Waals surface area contributed by atoms with Crippen molar-refractivity contribution in [2.75, 3.05) is 4.90 Å². The Labute approximate surface area is 379 Å². The zero-order valence-electron chi connectivity index (χ0n) is 35.5. The average Bonchev–Trinajstić information content (AvgIpc) is 3.87. The van der Waals surface area contributed by atoms with Crippen molar-refractivity contribution in [3.8, 4) is 16.8 Å². The number of para-hydroxylation sites is 4. The van der Waals surface area contributed by atoms with Gasteiger partial charge < -0.3 is 9.47 Å². The number of aromatic nitrogens is 1. The fourth-order valence-electron chi connectivity index (χ4n) is 13.2. The summed E-state index contributed by atoms with van der Waals surface area (Å²) in [5, 5.41) is 8.18. The van der Waals surface area contributed by atoms with E-state index in [1.165, 1.54) is 115 Å². The highest BCUT2D eigenvalue weighted by atomic mass is 28.3. The Morgan fingerprint density at radius 3 is 1.51 bits per heavy atom. The van der Waals surface area contributed by atoms with E-state index in [9.17, 15) is 0 Å². The summed E-state index contributed by atoms with van der Waals surface area (Å²) in [7, 11) is -3.17. The Bertz CT molecular complexity index is 3580. The predicted molar refractivity (Wildman–Crippen MR) is 275 cm³/mol. The van der Waals surface area contributed by atoms with Gasteiger partial charge in [-0.05, 0) is 89.3 Å². The molecule has 0 saturated heterocycles. The smallest absolute Gasteiger partial charge is 0.246 e. The molecular formula is C61H39BN2Si. The van der Waals surface area contributed by atoms with Gasteiger partial charge in [0.15, 0.2) is 8.07 Å². The highest BCUT2D eigenvalue weighted by molar-refractivity contribution is 7.22. The number of rotatable bonds is 4.